The number of guanidine groups is 1. The highest BCUT2D eigenvalue weighted by Crippen LogP contribution is 2.15. The Balaban J connectivity index is 0.00000264. The van der Waals surface area contributed by atoms with Crippen molar-refractivity contribution in [1.29, 1.82) is 0 Å². The quantitative estimate of drug-likeness (QED) is 0.392. The van der Waals surface area contributed by atoms with E-state index in [-0.39, 0.29) is 29.7 Å². The van der Waals surface area contributed by atoms with Crippen LogP contribution in [0.15, 0.2) is 27.6 Å². The van der Waals surface area contributed by atoms with Crippen LogP contribution in [0.25, 0.3) is 0 Å². The Kier molecular flexibility index (Phi) is 7.27. The minimum Gasteiger partial charge on any atom is -0.505 e. The number of aromatic nitrogens is 1. The molecule has 0 spiro atoms. The van der Waals surface area contributed by atoms with Gasteiger partial charge in [-0.1, -0.05) is 6.07 Å². The van der Waals surface area contributed by atoms with Crippen LogP contribution >= 0.6 is 24.0 Å². The first-order valence-corrected chi connectivity index (χ1v) is 6.84. The summed E-state index contributed by atoms with van der Waals surface area (Å²) in [6, 6.07) is 4.23. The second-order valence-corrected chi connectivity index (χ2v) is 4.81. The zero-order valence-corrected chi connectivity index (χ0v) is 15.5. The number of rotatable bonds is 4. The lowest BCUT2D eigenvalue weighted by Crippen LogP contribution is -2.36. The van der Waals surface area contributed by atoms with E-state index >= 15 is 0 Å². The van der Waals surface area contributed by atoms with Crippen molar-refractivity contribution in [2.75, 3.05) is 7.05 Å². The van der Waals surface area contributed by atoms with Gasteiger partial charge >= 0.3 is 0 Å². The molecule has 0 aliphatic heterocycles. The van der Waals surface area contributed by atoms with Gasteiger partial charge in [-0.2, -0.15) is 0 Å². The largest absolute Gasteiger partial charge is 0.505 e. The molecule has 1 aromatic heterocycles. The highest BCUT2D eigenvalue weighted by Gasteiger charge is 2.07. The number of benzene rings is 1. The fourth-order valence-electron chi connectivity index (χ4n) is 1.84. The summed E-state index contributed by atoms with van der Waals surface area (Å²) in [5, 5.41) is 15.3. The van der Waals surface area contributed by atoms with Crippen molar-refractivity contribution in [2.45, 2.75) is 26.9 Å². The molecule has 0 fully saturated rings. The maximum atomic E-state index is 13.3. The number of aryl methyl sites for hydroxylation is 2. The minimum atomic E-state index is -0.645. The number of phenols is 1. The molecule has 126 valence electrons. The molecule has 0 aliphatic rings. The molecule has 1 aromatic carbocycles. The third-order valence-electron chi connectivity index (χ3n) is 3.18. The van der Waals surface area contributed by atoms with Crippen LogP contribution in [0, 0.1) is 19.7 Å². The van der Waals surface area contributed by atoms with Gasteiger partial charge in [0.05, 0.1) is 12.2 Å². The van der Waals surface area contributed by atoms with Crippen LogP contribution in [-0.2, 0) is 13.1 Å². The predicted molar refractivity (Wildman–Crippen MR) is 96.5 cm³/mol. The third-order valence-corrected chi connectivity index (χ3v) is 3.18. The number of hydrogen-bond acceptors (Lipinski definition) is 4. The summed E-state index contributed by atoms with van der Waals surface area (Å²) in [7, 11) is 1.64. The highest BCUT2D eigenvalue weighted by atomic mass is 127. The van der Waals surface area contributed by atoms with Gasteiger partial charge in [-0.25, -0.2) is 9.37 Å². The lowest BCUT2D eigenvalue weighted by atomic mass is 10.2. The van der Waals surface area contributed by atoms with Crippen LogP contribution in [0.1, 0.15) is 22.9 Å². The van der Waals surface area contributed by atoms with Gasteiger partial charge in [0.25, 0.3) is 0 Å². The van der Waals surface area contributed by atoms with E-state index in [9.17, 15) is 4.39 Å². The van der Waals surface area contributed by atoms with E-state index in [1.54, 1.807) is 13.1 Å². The molecule has 0 radical (unpaired) electrons. The Morgan fingerprint density at radius 2 is 2.00 bits per heavy atom. The summed E-state index contributed by atoms with van der Waals surface area (Å²) in [5.74, 6) is 0.906. The summed E-state index contributed by atoms with van der Waals surface area (Å²) < 4.78 is 18.7. The molecule has 3 N–H and O–H groups in total. The summed E-state index contributed by atoms with van der Waals surface area (Å²) in [5.41, 5.74) is 1.56. The van der Waals surface area contributed by atoms with Crippen molar-refractivity contribution in [1.82, 2.24) is 15.6 Å². The van der Waals surface area contributed by atoms with Crippen LogP contribution in [0.4, 0.5) is 4.39 Å². The fraction of sp³-hybridized carbons (Fsp3) is 0.333. The van der Waals surface area contributed by atoms with Crippen molar-refractivity contribution in [3.8, 4) is 5.75 Å². The molecule has 0 bridgehead atoms. The van der Waals surface area contributed by atoms with Gasteiger partial charge in [0.1, 0.15) is 5.76 Å². The summed E-state index contributed by atoms with van der Waals surface area (Å²) in [6.07, 6.45) is 0. The molecule has 1 heterocycles. The Morgan fingerprint density at radius 1 is 1.30 bits per heavy atom. The SMILES string of the molecule is CN=C(NCc1ccc(O)c(F)c1)NCc1nc(C)c(C)o1.I. The van der Waals surface area contributed by atoms with Crippen molar-refractivity contribution in [3.05, 3.63) is 46.9 Å². The number of aliphatic imine (C=N–C) groups is 1. The monoisotopic (exact) mass is 434 g/mol. The van der Waals surface area contributed by atoms with Crippen LogP contribution in [0.3, 0.4) is 0 Å². The first kappa shape index (κ1) is 19.2. The first-order valence-electron chi connectivity index (χ1n) is 6.84. The van der Waals surface area contributed by atoms with Gasteiger partial charge < -0.3 is 20.2 Å². The number of nitrogens with zero attached hydrogens (tertiary/aromatic N) is 2. The molecule has 0 saturated carbocycles. The average Bonchev–Trinajstić information content (AvgIpc) is 2.81. The molecule has 0 atom stereocenters. The standard InChI is InChI=1S/C15H19FN4O2.HI/c1-9-10(2)22-14(20-9)8-19-15(17-3)18-7-11-4-5-13(21)12(16)6-11;/h4-6,21H,7-8H2,1-3H3,(H2,17,18,19);1H. The van der Waals surface area contributed by atoms with Crippen LogP contribution in [0.2, 0.25) is 0 Å². The number of phenolic OH excluding ortho intramolecular Hbond substituents is 1. The van der Waals surface area contributed by atoms with Gasteiger partial charge in [0.15, 0.2) is 17.5 Å². The molecular formula is C15H20FIN4O2. The lowest BCUT2D eigenvalue weighted by molar-refractivity contribution is 0.431. The van der Waals surface area contributed by atoms with E-state index < -0.39 is 5.82 Å². The molecule has 2 rings (SSSR count). The van der Waals surface area contributed by atoms with Crippen molar-refractivity contribution >= 4 is 29.9 Å². The van der Waals surface area contributed by atoms with Gasteiger partial charge in [0, 0.05) is 13.6 Å². The maximum Gasteiger partial charge on any atom is 0.214 e. The van der Waals surface area contributed by atoms with E-state index in [1.807, 2.05) is 13.8 Å². The summed E-state index contributed by atoms with van der Waals surface area (Å²) in [6.45, 7) is 4.52. The molecular weight excluding hydrogens is 414 g/mol. The number of hydrogen-bond donors (Lipinski definition) is 3. The zero-order chi connectivity index (χ0) is 16.1. The van der Waals surface area contributed by atoms with Gasteiger partial charge in [-0.3, -0.25) is 4.99 Å². The smallest absolute Gasteiger partial charge is 0.214 e. The number of nitrogens with one attached hydrogen (secondary N) is 2. The Morgan fingerprint density at radius 3 is 2.57 bits per heavy atom. The molecule has 2 aromatic rings. The maximum absolute atomic E-state index is 13.3. The summed E-state index contributed by atoms with van der Waals surface area (Å²) >= 11 is 0. The Bertz CT molecular complexity index is 669. The number of halogens is 2. The molecule has 0 amide bonds. The molecule has 0 unspecified atom stereocenters. The van der Waals surface area contributed by atoms with Gasteiger partial charge in [-0.15, -0.1) is 24.0 Å². The van der Waals surface area contributed by atoms with Crippen LogP contribution in [0.5, 0.6) is 5.75 Å². The number of oxazole rings is 1. The van der Waals surface area contributed by atoms with E-state index in [4.69, 9.17) is 9.52 Å². The molecule has 8 heteroatoms. The molecule has 0 saturated heterocycles. The predicted octanol–water partition coefficient (Wildman–Crippen LogP) is 2.62. The average molecular weight is 434 g/mol. The second kappa shape index (κ2) is 8.70. The van der Waals surface area contributed by atoms with Crippen LogP contribution < -0.4 is 10.6 Å². The molecule has 0 aliphatic carbocycles. The van der Waals surface area contributed by atoms with E-state index in [0.29, 0.717) is 30.5 Å². The van der Waals surface area contributed by atoms with Crippen LogP contribution in [-0.4, -0.2) is 23.1 Å². The second-order valence-electron chi connectivity index (χ2n) is 4.81. The topological polar surface area (TPSA) is 82.7 Å². The van der Waals surface area contributed by atoms with Crippen molar-refractivity contribution in [3.63, 3.8) is 0 Å². The van der Waals surface area contributed by atoms with Gasteiger partial charge in [0.2, 0.25) is 5.89 Å². The first-order chi connectivity index (χ1) is 10.5. The summed E-state index contributed by atoms with van der Waals surface area (Å²) in [4.78, 5) is 8.34. The molecule has 23 heavy (non-hydrogen) atoms. The Hall–Kier alpha value is -1.84. The van der Waals surface area contributed by atoms with Gasteiger partial charge in [-0.05, 0) is 31.5 Å². The Labute approximate surface area is 151 Å². The fourth-order valence-corrected chi connectivity index (χ4v) is 1.84. The third kappa shape index (κ3) is 5.38. The van der Waals surface area contributed by atoms with Crippen molar-refractivity contribution < 1.29 is 13.9 Å². The van der Waals surface area contributed by atoms with Crippen molar-refractivity contribution in [2.24, 2.45) is 4.99 Å². The van der Waals surface area contributed by atoms with E-state index in [2.05, 4.69) is 20.6 Å². The minimum absolute atomic E-state index is 0. The molecule has 6 nitrogen and oxygen atoms in total. The normalized spacial score (nSPS) is 11.0. The number of aromatic hydroxyl groups is 1. The lowest BCUT2D eigenvalue weighted by Gasteiger charge is -2.11. The highest BCUT2D eigenvalue weighted by molar-refractivity contribution is 14.0. The van der Waals surface area contributed by atoms with E-state index in [1.165, 1.54) is 12.1 Å². The zero-order valence-electron chi connectivity index (χ0n) is 13.2. The van der Waals surface area contributed by atoms with E-state index in [0.717, 1.165) is 11.5 Å².